The molecule has 1 aromatic rings. The highest BCUT2D eigenvalue weighted by Crippen LogP contribution is 2.37. The maximum atomic E-state index is 14.4. The van der Waals surface area contributed by atoms with Crippen molar-refractivity contribution < 1.29 is 4.39 Å². The van der Waals surface area contributed by atoms with Crippen molar-refractivity contribution in [2.24, 2.45) is 17.8 Å². The predicted octanol–water partition coefficient (Wildman–Crippen LogP) is 9.99. The van der Waals surface area contributed by atoms with E-state index in [1.54, 1.807) is 11.6 Å². The Morgan fingerprint density at radius 2 is 1.47 bits per heavy atom. The summed E-state index contributed by atoms with van der Waals surface area (Å²) in [5.74, 6) is 2.97. The third-order valence-corrected chi connectivity index (χ3v) is 8.43. The molecule has 0 saturated heterocycles. The number of benzene rings is 1. The lowest BCUT2D eigenvalue weighted by Crippen LogP contribution is -2.16. The van der Waals surface area contributed by atoms with Gasteiger partial charge in [0.15, 0.2) is 0 Å². The van der Waals surface area contributed by atoms with Crippen LogP contribution in [0.1, 0.15) is 128 Å². The molecule has 0 N–H and O–H groups in total. The summed E-state index contributed by atoms with van der Waals surface area (Å²) in [5.41, 5.74) is 3.68. The highest BCUT2D eigenvalue weighted by atomic mass is 19.1. The maximum Gasteiger partial charge on any atom is 0.126 e. The zero-order valence-electron chi connectivity index (χ0n) is 21.1. The lowest BCUT2D eigenvalue weighted by Gasteiger charge is -2.30. The summed E-state index contributed by atoms with van der Waals surface area (Å²) in [7, 11) is 0. The van der Waals surface area contributed by atoms with Gasteiger partial charge in [-0.3, -0.25) is 0 Å². The summed E-state index contributed by atoms with van der Waals surface area (Å²) in [4.78, 5) is 0. The van der Waals surface area contributed by atoms with Crippen LogP contribution in [0.2, 0.25) is 0 Å². The Morgan fingerprint density at radius 1 is 0.750 bits per heavy atom. The third-order valence-electron chi connectivity index (χ3n) is 8.43. The van der Waals surface area contributed by atoms with Crippen LogP contribution in [0.15, 0.2) is 29.8 Å². The SMILES string of the molecule is CCCCCc1ccc(CCC2=CCC(CCC3CCC(CCCC)CC3)CC2)cc1F. The smallest absolute Gasteiger partial charge is 0.126 e. The molecular weight excluding hydrogens is 391 g/mol. The van der Waals surface area contributed by atoms with Gasteiger partial charge in [-0.05, 0) is 86.3 Å². The van der Waals surface area contributed by atoms with Crippen LogP contribution in [-0.4, -0.2) is 0 Å². The van der Waals surface area contributed by atoms with Crippen LogP contribution >= 0.6 is 0 Å². The molecular formula is C31H49F. The third kappa shape index (κ3) is 8.68. The molecule has 1 unspecified atom stereocenters. The molecule has 1 atom stereocenters. The van der Waals surface area contributed by atoms with Crippen molar-refractivity contribution in [3.63, 3.8) is 0 Å². The van der Waals surface area contributed by atoms with E-state index in [2.05, 4.69) is 26.0 Å². The molecule has 2 aliphatic carbocycles. The van der Waals surface area contributed by atoms with E-state index in [1.807, 2.05) is 6.07 Å². The van der Waals surface area contributed by atoms with Gasteiger partial charge in [0.05, 0.1) is 0 Å². The monoisotopic (exact) mass is 440 g/mol. The van der Waals surface area contributed by atoms with E-state index in [9.17, 15) is 4.39 Å². The Kier molecular flexibility index (Phi) is 11.3. The molecule has 1 saturated carbocycles. The fourth-order valence-corrected chi connectivity index (χ4v) is 6.02. The van der Waals surface area contributed by atoms with Crippen molar-refractivity contribution in [1.82, 2.24) is 0 Å². The van der Waals surface area contributed by atoms with E-state index in [4.69, 9.17) is 0 Å². The van der Waals surface area contributed by atoms with E-state index in [0.29, 0.717) is 0 Å². The number of rotatable bonds is 13. The minimum atomic E-state index is 0.00990. The van der Waals surface area contributed by atoms with Crippen LogP contribution in [0.5, 0.6) is 0 Å². The van der Waals surface area contributed by atoms with E-state index in [1.165, 1.54) is 95.5 Å². The zero-order chi connectivity index (χ0) is 22.6. The number of hydrogen-bond acceptors (Lipinski definition) is 0. The van der Waals surface area contributed by atoms with Gasteiger partial charge in [-0.15, -0.1) is 0 Å². The quantitative estimate of drug-likeness (QED) is 0.211. The predicted molar refractivity (Wildman–Crippen MR) is 138 cm³/mol. The first-order valence-electron chi connectivity index (χ1n) is 14.1. The van der Waals surface area contributed by atoms with Gasteiger partial charge >= 0.3 is 0 Å². The molecule has 0 amide bonds. The summed E-state index contributed by atoms with van der Waals surface area (Å²) in [5, 5.41) is 0. The molecule has 1 aromatic carbocycles. The lowest BCUT2D eigenvalue weighted by atomic mass is 9.76. The lowest BCUT2D eigenvalue weighted by molar-refractivity contribution is 0.235. The average molecular weight is 441 g/mol. The summed E-state index contributed by atoms with van der Waals surface area (Å²) in [6, 6.07) is 5.99. The number of unbranched alkanes of at least 4 members (excludes halogenated alkanes) is 3. The van der Waals surface area contributed by atoms with Gasteiger partial charge in [-0.2, -0.15) is 0 Å². The van der Waals surface area contributed by atoms with Crippen molar-refractivity contribution in [1.29, 1.82) is 0 Å². The van der Waals surface area contributed by atoms with Crippen molar-refractivity contribution >= 4 is 0 Å². The van der Waals surface area contributed by atoms with Crippen molar-refractivity contribution in [2.75, 3.05) is 0 Å². The second-order valence-corrected chi connectivity index (χ2v) is 11.0. The molecule has 0 aliphatic heterocycles. The molecule has 0 bridgehead atoms. The van der Waals surface area contributed by atoms with E-state index in [-0.39, 0.29) is 5.82 Å². The molecule has 2 aliphatic rings. The van der Waals surface area contributed by atoms with Gasteiger partial charge in [0, 0.05) is 0 Å². The standard InChI is InChI=1S/C31H49F/c1-3-5-7-9-30-23-22-29(24-31(30)32)21-20-28-18-16-27(17-19-28)15-14-26-12-10-25(11-13-26)8-6-4-2/h18,22-27H,3-17,19-21H2,1-2H3. The summed E-state index contributed by atoms with van der Waals surface area (Å²) in [6.45, 7) is 4.52. The normalized spacial score (nSPS) is 23.8. The van der Waals surface area contributed by atoms with Crippen LogP contribution < -0.4 is 0 Å². The van der Waals surface area contributed by atoms with Crippen LogP contribution in [0.4, 0.5) is 4.39 Å². The fourth-order valence-electron chi connectivity index (χ4n) is 6.02. The topological polar surface area (TPSA) is 0 Å². The van der Waals surface area contributed by atoms with Crippen molar-refractivity contribution in [3.8, 4) is 0 Å². The molecule has 0 radical (unpaired) electrons. The van der Waals surface area contributed by atoms with Gasteiger partial charge < -0.3 is 0 Å². The van der Waals surface area contributed by atoms with Crippen LogP contribution in [0.25, 0.3) is 0 Å². The van der Waals surface area contributed by atoms with E-state index < -0.39 is 0 Å². The van der Waals surface area contributed by atoms with Crippen LogP contribution in [-0.2, 0) is 12.8 Å². The Bertz CT molecular complexity index is 680. The number of allylic oxidation sites excluding steroid dienone is 2. The minimum Gasteiger partial charge on any atom is -0.207 e. The average Bonchev–Trinajstić information content (AvgIpc) is 2.83. The largest absolute Gasteiger partial charge is 0.207 e. The Labute approximate surface area is 198 Å². The Morgan fingerprint density at radius 3 is 2.12 bits per heavy atom. The van der Waals surface area contributed by atoms with E-state index in [0.717, 1.165) is 49.0 Å². The van der Waals surface area contributed by atoms with Gasteiger partial charge in [-0.25, -0.2) is 4.39 Å². The summed E-state index contributed by atoms with van der Waals surface area (Å²) in [6.07, 6.45) is 26.1. The van der Waals surface area contributed by atoms with E-state index >= 15 is 0 Å². The Balaban J connectivity index is 1.32. The second-order valence-electron chi connectivity index (χ2n) is 11.0. The van der Waals surface area contributed by atoms with Crippen molar-refractivity contribution in [3.05, 3.63) is 46.8 Å². The molecule has 180 valence electrons. The number of hydrogen-bond donors (Lipinski definition) is 0. The number of halogens is 1. The molecule has 0 spiro atoms. The zero-order valence-corrected chi connectivity index (χ0v) is 21.1. The van der Waals surface area contributed by atoms with Gasteiger partial charge in [0.2, 0.25) is 0 Å². The van der Waals surface area contributed by atoms with Crippen LogP contribution in [0, 0.1) is 23.6 Å². The van der Waals surface area contributed by atoms with Gasteiger partial charge in [-0.1, -0.05) is 102 Å². The molecule has 0 nitrogen and oxygen atoms in total. The molecule has 1 fully saturated rings. The highest BCUT2D eigenvalue weighted by molar-refractivity contribution is 5.25. The molecule has 0 heterocycles. The van der Waals surface area contributed by atoms with Crippen LogP contribution in [0.3, 0.4) is 0 Å². The summed E-state index contributed by atoms with van der Waals surface area (Å²) >= 11 is 0. The molecule has 1 heteroatoms. The molecule has 3 rings (SSSR count). The second kappa shape index (κ2) is 14.2. The highest BCUT2D eigenvalue weighted by Gasteiger charge is 2.22. The first kappa shape index (κ1) is 25.5. The Hall–Kier alpha value is -1.11. The van der Waals surface area contributed by atoms with Gasteiger partial charge in [0.25, 0.3) is 0 Å². The first-order chi connectivity index (χ1) is 15.7. The van der Waals surface area contributed by atoms with Crippen molar-refractivity contribution in [2.45, 2.75) is 129 Å². The minimum absolute atomic E-state index is 0.00990. The molecule has 0 aromatic heterocycles. The number of aryl methyl sites for hydroxylation is 2. The fraction of sp³-hybridized carbons (Fsp3) is 0.742. The summed E-state index contributed by atoms with van der Waals surface area (Å²) < 4.78 is 14.4. The first-order valence-corrected chi connectivity index (χ1v) is 14.1. The maximum absolute atomic E-state index is 14.4. The van der Waals surface area contributed by atoms with Gasteiger partial charge in [0.1, 0.15) is 5.82 Å². The molecule has 32 heavy (non-hydrogen) atoms.